The smallest absolute Gasteiger partial charge is 0.248 e. The molecule has 1 fully saturated rings. The molecule has 8 nitrogen and oxygen atoms in total. The zero-order valence-corrected chi connectivity index (χ0v) is 21.6. The number of carbonyl (C=O) groups is 1. The van der Waals surface area contributed by atoms with Crippen LogP contribution in [0.25, 0.3) is 10.2 Å². The number of carbonyl (C=O) groups excluding carboxylic acids is 1. The molecule has 0 bridgehead atoms. The SMILES string of the molecule is Cc1cc(C#N)cc(C)c1Oc1nc(NC2CCN(Cc3ccc(C(N)=O)cc3)CC2)nc2ccsc12. The number of piperidine rings is 1. The van der Waals surface area contributed by atoms with Gasteiger partial charge in [0.1, 0.15) is 10.4 Å². The maximum absolute atomic E-state index is 11.3. The van der Waals surface area contributed by atoms with Crippen LogP contribution in [-0.4, -0.2) is 39.9 Å². The van der Waals surface area contributed by atoms with Gasteiger partial charge in [0.2, 0.25) is 17.7 Å². The van der Waals surface area contributed by atoms with E-state index in [0.29, 0.717) is 23.0 Å². The number of nitrogens with zero attached hydrogens (tertiary/aromatic N) is 4. The largest absolute Gasteiger partial charge is 0.437 e. The van der Waals surface area contributed by atoms with Gasteiger partial charge < -0.3 is 15.8 Å². The summed E-state index contributed by atoms with van der Waals surface area (Å²) in [7, 11) is 0. The quantitative estimate of drug-likeness (QED) is 0.352. The minimum absolute atomic E-state index is 0.260. The zero-order valence-electron chi connectivity index (χ0n) is 20.8. The number of thiophene rings is 1. The number of aromatic nitrogens is 2. The molecule has 1 aliphatic heterocycles. The summed E-state index contributed by atoms with van der Waals surface area (Å²) in [6.45, 7) is 6.61. The van der Waals surface area contributed by atoms with Gasteiger partial charge in [0.15, 0.2) is 0 Å². The second-order valence-corrected chi connectivity index (χ2v) is 10.3. The lowest BCUT2D eigenvalue weighted by atomic mass is 10.0. The lowest BCUT2D eigenvalue weighted by molar-refractivity contribution is 0.1000. The van der Waals surface area contributed by atoms with Crippen LogP contribution < -0.4 is 15.8 Å². The molecule has 4 aromatic rings. The van der Waals surface area contributed by atoms with Crippen molar-refractivity contribution in [1.82, 2.24) is 14.9 Å². The van der Waals surface area contributed by atoms with Crippen molar-refractivity contribution in [2.75, 3.05) is 18.4 Å². The van der Waals surface area contributed by atoms with Crippen LogP contribution in [0.1, 0.15) is 45.5 Å². The van der Waals surface area contributed by atoms with Crippen LogP contribution in [0, 0.1) is 25.2 Å². The Bertz CT molecular complexity index is 1460. The van der Waals surface area contributed by atoms with E-state index in [-0.39, 0.29) is 6.04 Å². The topological polar surface area (TPSA) is 117 Å². The van der Waals surface area contributed by atoms with Crippen LogP contribution >= 0.6 is 11.3 Å². The molecule has 0 aliphatic carbocycles. The first-order valence-electron chi connectivity index (χ1n) is 12.2. The predicted molar refractivity (Wildman–Crippen MR) is 145 cm³/mol. The summed E-state index contributed by atoms with van der Waals surface area (Å²) in [5.41, 5.74) is 10.3. The fourth-order valence-corrected chi connectivity index (χ4v) is 5.45. The Hall–Kier alpha value is -4.00. The lowest BCUT2D eigenvalue weighted by Gasteiger charge is -2.32. The molecule has 0 unspecified atom stereocenters. The molecular formula is C28H28N6O2S. The number of hydrogen-bond acceptors (Lipinski definition) is 8. The first-order chi connectivity index (χ1) is 17.9. The molecule has 3 N–H and O–H groups in total. The molecule has 2 aromatic carbocycles. The number of nitrogens with one attached hydrogen (secondary N) is 1. The fraction of sp³-hybridized carbons (Fsp3) is 0.286. The average Bonchev–Trinajstić information content (AvgIpc) is 3.36. The molecule has 188 valence electrons. The number of primary amides is 1. The number of nitriles is 1. The van der Waals surface area contributed by atoms with Crippen molar-refractivity contribution in [3.05, 3.63) is 75.7 Å². The molecule has 37 heavy (non-hydrogen) atoms. The number of rotatable bonds is 7. The Morgan fingerprint density at radius 3 is 2.51 bits per heavy atom. The van der Waals surface area contributed by atoms with E-state index in [1.807, 2.05) is 49.6 Å². The molecule has 0 spiro atoms. The number of likely N-dealkylation sites (tertiary alicyclic amines) is 1. The summed E-state index contributed by atoms with van der Waals surface area (Å²) in [6, 6.07) is 15.6. The summed E-state index contributed by atoms with van der Waals surface area (Å²) < 4.78 is 7.21. The van der Waals surface area contributed by atoms with Crippen molar-refractivity contribution in [3.63, 3.8) is 0 Å². The van der Waals surface area contributed by atoms with Crippen LogP contribution in [0.2, 0.25) is 0 Å². The Labute approximate surface area is 219 Å². The number of ether oxygens (including phenoxy) is 1. The number of nitrogens with two attached hydrogens (primary N) is 1. The molecule has 1 aliphatic rings. The fourth-order valence-electron chi connectivity index (χ4n) is 4.69. The molecule has 9 heteroatoms. The van der Waals surface area contributed by atoms with Crippen molar-refractivity contribution in [2.45, 2.75) is 39.3 Å². The van der Waals surface area contributed by atoms with Crippen molar-refractivity contribution in [1.29, 1.82) is 5.26 Å². The van der Waals surface area contributed by atoms with E-state index >= 15 is 0 Å². The van der Waals surface area contributed by atoms with Gasteiger partial charge in [-0.2, -0.15) is 10.2 Å². The summed E-state index contributed by atoms with van der Waals surface area (Å²) >= 11 is 1.55. The number of anilines is 1. The minimum atomic E-state index is -0.406. The highest BCUT2D eigenvalue weighted by Gasteiger charge is 2.21. The third-order valence-corrected chi connectivity index (χ3v) is 7.52. The van der Waals surface area contributed by atoms with Crippen LogP contribution in [0.4, 0.5) is 5.95 Å². The van der Waals surface area contributed by atoms with Gasteiger partial charge in [0.25, 0.3) is 0 Å². The molecule has 1 amide bonds. The van der Waals surface area contributed by atoms with Gasteiger partial charge in [-0.05, 0) is 79.1 Å². The van der Waals surface area contributed by atoms with E-state index in [4.69, 9.17) is 20.4 Å². The number of aryl methyl sites for hydroxylation is 2. The molecular weight excluding hydrogens is 484 g/mol. The first kappa shape index (κ1) is 24.7. The van der Waals surface area contributed by atoms with Crippen molar-refractivity contribution < 1.29 is 9.53 Å². The Morgan fingerprint density at radius 2 is 1.86 bits per heavy atom. The Morgan fingerprint density at radius 1 is 1.16 bits per heavy atom. The molecule has 0 radical (unpaired) electrons. The van der Waals surface area contributed by atoms with Crippen molar-refractivity contribution >= 4 is 33.4 Å². The van der Waals surface area contributed by atoms with Crippen LogP contribution in [0.5, 0.6) is 11.6 Å². The van der Waals surface area contributed by atoms with Gasteiger partial charge >= 0.3 is 0 Å². The van der Waals surface area contributed by atoms with E-state index < -0.39 is 5.91 Å². The molecule has 5 rings (SSSR count). The van der Waals surface area contributed by atoms with Crippen LogP contribution in [0.3, 0.4) is 0 Å². The number of fused-ring (bicyclic) bond motifs is 1. The number of benzene rings is 2. The monoisotopic (exact) mass is 512 g/mol. The lowest BCUT2D eigenvalue weighted by Crippen LogP contribution is -2.39. The first-order valence-corrected chi connectivity index (χ1v) is 13.1. The average molecular weight is 513 g/mol. The maximum atomic E-state index is 11.3. The third-order valence-electron chi connectivity index (χ3n) is 6.63. The molecule has 1 saturated heterocycles. The third kappa shape index (κ3) is 5.56. The maximum Gasteiger partial charge on any atom is 0.248 e. The second kappa shape index (κ2) is 10.5. The summed E-state index contributed by atoms with van der Waals surface area (Å²) in [6.07, 6.45) is 1.93. The van der Waals surface area contributed by atoms with E-state index in [0.717, 1.165) is 65.1 Å². The molecule has 0 saturated carbocycles. The van der Waals surface area contributed by atoms with Gasteiger partial charge in [-0.25, -0.2) is 4.98 Å². The number of hydrogen-bond donors (Lipinski definition) is 2. The molecule has 3 heterocycles. The van der Waals surface area contributed by atoms with Crippen molar-refractivity contribution in [2.24, 2.45) is 5.73 Å². The Kier molecular flexibility index (Phi) is 7.04. The standard InChI is InChI=1S/C28H28N6O2S/c1-17-13-20(15-29)14-18(2)24(17)36-27-25-23(9-12-37-25)32-28(33-27)31-22-7-10-34(11-8-22)16-19-3-5-21(6-4-19)26(30)35/h3-6,9,12-14,22H,7-8,10-11,16H2,1-2H3,(H2,30,35)(H,31,32,33). The van der Waals surface area contributed by atoms with Gasteiger partial charge in [0.05, 0.1) is 17.1 Å². The predicted octanol–water partition coefficient (Wildman–Crippen LogP) is 5.15. The van der Waals surface area contributed by atoms with Gasteiger partial charge in [0, 0.05) is 31.2 Å². The Balaban J connectivity index is 1.26. The summed E-state index contributed by atoms with van der Waals surface area (Å²) in [4.78, 5) is 23.2. The normalized spacial score (nSPS) is 14.4. The van der Waals surface area contributed by atoms with Crippen LogP contribution in [0.15, 0.2) is 47.8 Å². The highest BCUT2D eigenvalue weighted by Crippen LogP contribution is 2.35. The van der Waals surface area contributed by atoms with Gasteiger partial charge in [-0.3, -0.25) is 9.69 Å². The molecule has 2 aromatic heterocycles. The van der Waals surface area contributed by atoms with Gasteiger partial charge in [-0.15, -0.1) is 11.3 Å². The highest BCUT2D eigenvalue weighted by molar-refractivity contribution is 7.17. The van der Waals surface area contributed by atoms with E-state index in [1.54, 1.807) is 23.5 Å². The molecule has 0 atom stereocenters. The van der Waals surface area contributed by atoms with E-state index in [1.165, 1.54) is 0 Å². The van der Waals surface area contributed by atoms with Gasteiger partial charge in [-0.1, -0.05) is 12.1 Å². The highest BCUT2D eigenvalue weighted by atomic mass is 32.1. The summed E-state index contributed by atoms with van der Waals surface area (Å²) in [5.74, 6) is 1.40. The van der Waals surface area contributed by atoms with Crippen LogP contribution in [-0.2, 0) is 6.54 Å². The number of amides is 1. The van der Waals surface area contributed by atoms with E-state index in [2.05, 4.69) is 16.3 Å². The summed E-state index contributed by atoms with van der Waals surface area (Å²) in [5, 5.41) is 14.8. The second-order valence-electron chi connectivity index (χ2n) is 9.40. The minimum Gasteiger partial charge on any atom is -0.437 e. The van der Waals surface area contributed by atoms with Crippen molar-refractivity contribution in [3.8, 4) is 17.7 Å². The zero-order chi connectivity index (χ0) is 25.9. The van der Waals surface area contributed by atoms with E-state index in [9.17, 15) is 10.1 Å².